The highest BCUT2D eigenvalue weighted by Crippen LogP contribution is 2.22. The molecule has 0 bridgehead atoms. The minimum absolute atomic E-state index is 0. The van der Waals surface area contributed by atoms with Crippen LogP contribution in [0.2, 0.25) is 0 Å². The molecule has 1 heterocycles. The van der Waals surface area contributed by atoms with Crippen molar-refractivity contribution in [3.63, 3.8) is 0 Å². The number of halogens is 1. The molecular weight excluding hydrogens is 491 g/mol. The lowest BCUT2D eigenvalue weighted by molar-refractivity contribution is 0.166. The van der Waals surface area contributed by atoms with Crippen LogP contribution in [0.5, 0.6) is 5.75 Å². The lowest BCUT2D eigenvalue weighted by Gasteiger charge is -2.27. The van der Waals surface area contributed by atoms with E-state index in [9.17, 15) is 0 Å². The number of aliphatic imine (C=N–C) groups is 1. The number of nitrogens with one attached hydrogen (secondary N) is 2. The second kappa shape index (κ2) is 14.1. The first-order chi connectivity index (χ1) is 13.9. The zero-order chi connectivity index (χ0) is 21.2. The molecule has 1 aromatic rings. The van der Waals surface area contributed by atoms with Crippen molar-refractivity contribution in [2.45, 2.75) is 46.2 Å². The molecular formula is C23H41IN4O2. The quantitative estimate of drug-likeness (QED) is 0.274. The highest BCUT2D eigenvalue weighted by atomic mass is 127. The third-order valence-corrected chi connectivity index (χ3v) is 5.37. The number of nitrogens with zero attached hydrogens (tertiary/aromatic N) is 2. The number of likely N-dealkylation sites (N-methyl/N-ethyl adjacent to an activating group) is 1. The molecule has 1 saturated heterocycles. The van der Waals surface area contributed by atoms with Crippen molar-refractivity contribution in [3.05, 3.63) is 29.3 Å². The lowest BCUT2D eigenvalue weighted by atomic mass is 10.0. The summed E-state index contributed by atoms with van der Waals surface area (Å²) in [7, 11) is 6.08. The zero-order valence-corrected chi connectivity index (χ0v) is 21.9. The molecule has 2 N–H and O–H groups in total. The van der Waals surface area contributed by atoms with Gasteiger partial charge in [-0.2, -0.15) is 0 Å². The van der Waals surface area contributed by atoms with Gasteiger partial charge in [0, 0.05) is 44.3 Å². The second-order valence-electron chi connectivity index (χ2n) is 8.71. The molecule has 1 aliphatic rings. The standard InChI is InChI=1S/C23H40N4O2.HI/c1-17(2)11-21(27(5)6)14-26-23(24-4)25-13-20-8-7-18(3)12-22(20)29-16-19-9-10-28-15-19;/h7-8,12,17,19,21H,9-11,13-16H2,1-6H3,(H2,24,25,26);1H. The summed E-state index contributed by atoms with van der Waals surface area (Å²) in [6.07, 6.45) is 2.23. The van der Waals surface area contributed by atoms with E-state index in [4.69, 9.17) is 9.47 Å². The number of rotatable bonds is 10. The van der Waals surface area contributed by atoms with Crippen LogP contribution in [0.1, 0.15) is 37.8 Å². The molecule has 30 heavy (non-hydrogen) atoms. The summed E-state index contributed by atoms with van der Waals surface area (Å²) >= 11 is 0. The number of aryl methyl sites for hydroxylation is 1. The van der Waals surface area contributed by atoms with Crippen LogP contribution in [0, 0.1) is 18.8 Å². The van der Waals surface area contributed by atoms with Crippen LogP contribution in [0.15, 0.2) is 23.2 Å². The van der Waals surface area contributed by atoms with Gasteiger partial charge in [-0.05, 0) is 51.4 Å². The van der Waals surface area contributed by atoms with Crippen molar-refractivity contribution in [2.24, 2.45) is 16.8 Å². The minimum Gasteiger partial charge on any atom is -0.493 e. The number of hydrogen-bond acceptors (Lipinski definition) is 4. The number of hydrogen-bond donors (Lipinski definition) is 2. The Labute approximate surface area is 200 Å². The van der Waals surface area contributed by atoms with E-state index in [2.05, 4.69) is 73.6 Å². The molecule has 7 heteroatoms. The maximum absolute atomic E-state index is 6.15. The van der Waals surface area contributed by atoms with Gasteiger partial charge in [0.2, 0.25) is 0 Å². The van der Waals surface area contributed by atoms with E-state index in [1.165, 1.54) is 5.56 Å². The van der Waals surface area contributed by atoms with E-state index < -0.39 is 0 Å². The van der Waals surface area contributed by atoms with Crippen LogP contribution in [0.4, 0.5) is 0 Å². The van der Waals surface area contributed by atoms with Crippen LogP contribution in [0.25, 0.3) is 0 Å². The molecule has 0 amide bonds. The van der Waals surface area contributed by atoms with E-state index in [-0.39, 0.29) is 24.0 Å². The SMILES string of the molecule is CN=C(NCc1ccc(C)cc1OCC1CCOC1)NCC(CC(C)C)N(C)C.I. The second-order valence-corrected chi connectivity index (χ2v) is 8.71. The normalized spacial score (nSPS) is 17.7. The summed E-state index contributed by atoms with van der Waals surface area (Å²) in [6, 6.07) is 6.86. The molecule has 0 aromatic heterocycles. The van der Waals surface area contributed by atoms with Gasteiger partial charge >= 0.3 is 0 Å². The van der Waals surface area contributed by atoms with Gasteiger partial charge < -0.3 is 25.0 Å². The molecule has 0 saturated carbocycles. The fraction of sp³-hybridized carbons (Fsp3) is 0.696. The lowest BCUT2D eigenvalue weighted by Crippen LogP contribution is -2.45. The maximum Gasteiger partial charge on any atom is 0.191 e. The van der Waals surface area contributed by atoms with Gasteiger partial charge in [-0.15, -0.1) is 24.0 Å². The predicted molar refractivity (Wildman–Crippen MR) is 136 cm³/mol. The molecule has 1 aromatic carbocycles. The third kappa shape index (κ3) is 9.39. The van der Waals surface area contributed by atoms with Crippen LogP contribution < -0.4 is 15.4 Å². The van der Waals surface area contributed by atoms with Gasteiger partial charge in [0.25, 0.3) is 0 Å². The molecule has 0 spiro atoms. The van der Waals surface area contributed by atoms with Crippen LogP contribution >= 0.6 is 24.0 Å². The molecule has 0 radical (unpaired) electrons. The first kappa shape index (κ1) is 27.0. The predicted octanol–water partition coefficient (Wildman–Crippen LogP) is 3.67. The molecule has 0 aliphatic carbocycles. The fourth-order valence-electron chi connectivity index (χ4n) is 3.50. The van der Waals surface area contributed by atoms with E-state index in [1.54, 1.807) is 0 Å². The van der Waals surface area contributed by atoms with Crippen molar-refractivity contribution >= 4 is 29.9 Å². The molecule has 1 fully saturated rings. The Kier molecular flexibility index (Phi) is 12.7. The van der Waals surface area contributed by atoms with Gasteiger partial charge in [-0.3, -0.25) is 4.99 Å². The molecule has 2 unspecified atom stereocenters. The monoisotopic (exact) mass is 532 g/mol. The van der Waals surface area contributed by atoms with Gasteiger partial charge in [-0.25, -0.2) is 0 Å². The first-order valence-electron chi connectivity index (χ1n) is 10.8. The Morgan fingerprint density at radius 2 is 2.07 bits per heavy atom. The van der Waals surface area contributed by atoms with Crippen LogP contribution in [-0.2, 0) is 11.3 Å². The average Bonchev–Trinajstić information content (AvgIpc) is 3.19. The van der Waals surface area contributed by atoms with Crippen molar-refractivity contribution in [1.29, 1.82) is 0 Å². The van der Waals surface area contributed by atoms with E-state index >= 15 is 0 Å². The van der Waals surface area contributed by atoms with Gasteiger partial charge in [-0.1, -0.05) is 26.0 Å². The smallest absolute Gasteiger partial charge is 0.191 e. The molecule has 1 aliphatic heterocycles. The summed E-state index contributed by atoms with van der Waals surface area (Å²) in [5.41, 5.74) is 2.35. The van der Waals surface area contributed by atoms with Crippen LogP contribution in [0.3, 0.4) is 0 Å². The van der Waals surface area contributed by atoms with Crippen molar-refractivity contribution < 1.29 is 9.47 Å². The number of guanidine groups is 1. The van der Waals surface area contributed by atoms with Crippen molar-refractivity contribution in [2.75, 3.05) is 47.5 Å². The summed E-state index contributed by atoms with van der Waals surface area (Å²) in [5.74, 6) is 2.92. The van der Waals surface area contributed by atoms with Gasteiger partial charge in [0.15, 0.2) is 5.96 Å². The van der Waals surface area contributed by atoms with Crippen LogP contribution in [-0.4, -0.2) is 64.4 Å². The highest BCUT2D eigenvalue weighted by molar-refractivity contribution is 14.0. The Balaban J connectivity index is 0.00000450. The Morgan fingerprint density at radius 3 is 2.67 bits per heavy atom. The highest BCUT2D eigenvalue weighted by Gasteiger charge is 2.17. The summed E-state index contributed by atoms with van der Waals surface area (Å²) in [6.45, 7) is 10.5. The molecule has 6 nitrogen and oxygen atoms in total. The summed E-state index contributed by atoms with van der Waals surface area (Å²) < 4.78 is 11.6. The third-order valence-electron chi connectivity index (χ3n) is 5.37. The summed E-state index contributed by atoms with van der Waals surface area (Å²) in [5, 5.41) is 6.91. The Morgan fingerprint density at radius 1 is 1.30 bits per heavy atom. The Hall–Kier alpha value is -1.06. The van der Waals surface area contributed by atoms with Gasteiger partial charge in [0.05, 0.1) is 13.2 Å². The van der Waals surface area contributed by atoms with E-state index in [0.717, 1.165) is 49.9 Å². The average molecular weight is 533 g/mol. The zero-order valence-electron chi connectivity index (χ0n) is 19.5. The maximum atomic E-state index is 6.15. The topological polar surface area (TPSA) is 58.1 Å². The number of benzene rings is 1. The van der Waals surface area contributed by atoms with Gasteiger partial charge in [0.1, 0.15) is 5.75 Å². The van der Waals surface area contributed by atoms with Crippen molar-refractivity contribution in [3.8, 4) is 5.75 Å². The first-order valence-corrected chi connectivity index (χ1v) is 10.8. The molecule has 172 valence electrons. The van der Waals surface area contributed by atoms with E-state index in [0.29, 0.717) is 31.0 Å². The Bertz CT molecular complexity index is 646. The largest absolute Gasteiger partial charge is 0.493 e. The molecule has 2 atom stereocenters. The van der Waals surface area contributed by atoms with E-state index in [1.807, 2.05) is 7.05 Å². The summed E-state index contributed by atoms with van der Waals surface area (Å²) in [4.78, 5) is 6.67. The fourth-order valence-corrected chi connectivity index (χ4v) is 3.50. The number of ether oxygens (including phenoxy) is 2. The molecule has 2 rings (SSSR count). The minimum atomic E-state index is 0. The van der Waals surface area contributed by atoms with Crippen molar-refractivity contribution in [1.82, 2.24) is 15.5 Å².